The molecular formula is C13H17IN2O4. The lowest BCUT2D eigenvalue weighted by atomic mass is 9.96. The van der Waals surface area contributed by atoms with Crippen molar-refractivity contribution in [2.24, 2.45) is 17.4 Å². The predicted molar refractivity (Wildman–Crippen MR) is 81.9 cm³/mol. The topological polar surface area (TPSA) is 105 Å². The molecule has 0 radical (unpaired) electrons. The van der Waals surface area contributed by atoms with Gasteiger partial charge in [-0.25, -0.2) is 9.59 Å². The van der Waals surface area contributed by atoms with E-state index in [0.717, 1.165) is 3.57 Å². The van der Waals surface area contributed by atoms with Crippen LogP contribution < -0.4 is 11.5 Å². The average Bonchev–Trinajstić information content (AvgIpc) is 2.33. The molecule has 0 aromatic heterocycles. The van der Waals surface area contributed by atoms with Crippen LogP contribution in [-0.2, 0) is 9.47 Å². The molecule has 0 unspecified atom stereocenters. The number of halogens is 1. The molecule has 0 heterocycles. The average molecular weight is 392 g/mol. The van der Waals surface area contributed by atoms with Crippen molar-refractivity contribution in [1.82, 2.24) is 0 Å². The molecular weight excluding hydrogens is 375 g/mol. The van der Waals surface area contributed by atoms with Crippen molar-refractivity contribution >= 4 is 34.8 Å². The maximum atomic E-state index is 11.1. The Morgan fingerprint density at radius 1 is 1.10 bits per heavy atom. The molecule has 0 saturated carbocycles. The fraction of sp³-hybridized carbons (Fsp3) is 0.385. The number of benzene rings is 1. The summed E-state index contributed by atoms with van der Waals surface area (Å²) >= 11 is 2.11. The van der Waals surface area contributed by atoms with Crippen LogP contribution in [0.5, 0.6) is 0 Å². The maximum absolute atomic E-state index is 11.1. The van der Waals surface area contributed by atoms with Gasteiger partial charge in [-0.3, -0.25) is 0 Å². The lowest BCUT2D eigenvalue weighted by Crippen LogP contribution is -2.36. The first-order chi connectivity index (χ1) is 9.32. The SMILES string of the molecule is CC(C)[C@H](OC(N)=O)[C@@H](OC(N)=O)c1ccccc1I. The van der Waals surface area contributed by atoms with Gasteiger partial charge in [0.1, 0.15) is 6.10 Å². The van der Waals surface area contributed by atoms with E-state index in [4.69, 9.17) is 20.9 Å². The molecule has 7 heteroatoms. The number of hydrogen-bond acceptors (Lipinski definition) is 4. The van der Waals surface area contributed by atoms with Gasteiger partial charge in [-0.15, -0.1) is 0 Å². The number of ether oxygens (including phenoxy) is 2. The Morgan fingerprint density at radius 2 is 1.65 bits per heavy atom. The van der Waals surface area contributed by atoms with Gasteiger partial charge in [0.2, 0.25) is 0 Å². The van der Waals surface area contributed by atoms with Crippen LogP contribution in [0.3, 0.4) is 0 Å². The van der Waals surface area contributed by atoms with Gasteiger partial charge in [0, 0.05) is 9.13 Å². The molecule has 20 heavy (non-hydrogen) atoms. The van der Waals surface area contributed by atoms with Crippen LogP contribution in [-0.4, -0.2) is 18.3 Å². The van der Waals surface area contributed by atoms with Gasteiger partial charge in [0.05, 0.1) is 0 Å². The minimum atomic E-state index is -0.937. The van der Waals surface area contributed by atoms with Crippen LogP contribution in [0, 0.1) is 9.49 Å². The van der Waals surface area contributed by atoms with Gasteiger partial charge in [0.25, 0.3) is 0 Å². The summed E-state index contributed by atoms with van der Waals surface area (Å²) in [4.78, 5) is 22.2. The van der Waals surface area contributed by atoms with Gasteiger partial charge in [-0.1, -0.05) is 32.0 Å². The summed E-state index contributed by atoms with van der Waals surface area (Å²) in [6, 6.07) is 7.30. The second-order valence-corrected chi connectivity index (χ2v) is 5.69. The summed E-state index contributed by atoms with van der Waals surface area (Å²) in [6.07, 6.45) is -3.37. The third-order valence-corrected chi connectivity index (χ3v) is 3.64. The van der Waals surface area contributed by atoms with Crippen LogP contribution in [0.1, 0.15) is 25.5 Å². The zero-order valence-corrected chi connectivity index (χ0v) is 13.4. The Morgan fingerprint density at radius 3 is 2.10 bits per heavy atom. The van der Waals surface area contributed by atoms with Crippen molar-refractivity contribution in [3.63, 3.8) is 0 Å². The summed E-state index contributed by atoms with van der Waals surface area (Å²) in [5.74, 6) is -0.108. The summed E-state index contributed by atoms with van der Waals surface area (Å²) in [6.45, 7) is 3.67. The Hall–Kier alpha value is -1.51. The molecule has 2 atom stereocenters. The summed E-state index contributed by atoms with van der Waals surface area (Å²) in [7, 11) is 0. The highest BCUT2D eigenvalue weighted by molar-refractivity contribution is 14.1. The largest absolute Gasteiger partial charge is 0.442 e. The highest BCUT2D eigenvalue weighted by Crippen LogP contribution is 2.31. The van der Waals surface area contributed by atoms with Crippen LogP contribution in [0.25, 0.3) is 0 Å². The molecule has 0 aliphatic rings. The quantitative estimate of drug-likeness (QED) is 0.752. The molecule has 0 spiro atoms. The van der Waals surface area contributed by atoms with Crippen molar-refractivity contribution in [3.8, 4) is 0 Å². The zero-order chi connectivity index (χ0) is 15.3. The van der Waals surface area contributed by atoms with Crippen molar-refractivity contribution in [2.45, 2.75) is 26.1 Å². The Balaban J connectivity index is 3.18. The van der Waals surface area contributed by atoms with E-state index in [-0.39, 0.29) is 5.92 Å². The lowest BCUT2D eigenvalue weighted by molar-refractivity contribution is -0.0271. The highest BCUT2D eigenvalue weighted by atomic mass is 127. The lowest BCUT2D eigenvalue weighted by Gasteiger charge is -2.29. The number of amides is 2. The minimum absolute atomic E-state index is 0.108. The smallest absolute Gasteiger partial charge is 0.405 e. The van der Waals surface area contributed by atoms with Crippen LogP contribution in [0.2, 0.25) is 0 Å². The molecule has 0 aliphatic carbocycles. The molecule has 6 nitrogen and oxygen atoms in total. The fourth-order valence-electron chi connectivity index (χ4n) is 1.82. The van der Waals surface area contributed by atoms with E-state index < -0.39 is 24.4 Å². The van der Waals surface area contributed by atoms with Crippen molar-refractivity contribution < 1.29 is 19.1 Å². The summed E-state index contributed by atoms with van der Waals surface area (Å²) in [5.41, 5.74) is 10.9. The van der Waals surface area contributed by atoms with Crippen molar-refractivity contribution in [3.05, 3.63) is 33.4 Å². The standard InChI is InChI=1S/C13H17IN2O4/c1-7(2)10(19-12(15)17)11(20-13(16)18)8-5-3-4-6-9(8)14/h3-7,10-11H,1-2H3,(H2,15,17)(H2,16,18)/t10-,11-/m0/s1. The molecule has 2 amide bonds. The van der Waals surface area contributed by atoms with E-state index in [0.29, 0.717) is 5.56 Å². The predicted octanol–water partition coefficient (Wildman–Crippen LogP) is 2.55. The Labute approximate surface area is 130 Å². The highest BCUT2D eigenvalue weighted by Gasteiger charge is 2.33. The van der Waals surface area contributed by atoms with Crippen LogP contribution >= 0.6 is 22.6 Å². The van der Waals surface area contributed by atoms with Crippen molar-refractivity contribution in [2.75, 3.05) is 0 Å². The summed E-state index contributed by atoms with van der Waals surface area (Å²) in [5, 5.41) is 0. The van der Waals surface area contributed by atoms with E-state index in [1.54, 1.807) is 12.1 Å². The van der Waals surface area contributed by atoms with Gasteiger partial charge < -0.3 is 20.9 Å². The van der Waals surface area contributed by atoms with Crippen LogP contribution in [0.4, 0.5) is 9.59 Å². The second kappa shape index (κ2) is 7.32. The van der Waals surface area contributed by atoms with E-state index in [9.17, 15) is 9.59 Å². The van der Waals surface area contributed by atoms with Gasteiger partial charge in [-0.05, 0) is 34.6 Å². The molecule has 4 N–H and O–H groups in total. The number of primary amides is 2. The van der Waals surface area contributed by atoms with E-state index in [2.05, 4.69) is 22.6 Å². The number of hydrogen-bond donors (Lipinski definition) is 2. The summed E-state index contributed by atoms with van der Waals surface area (Å²) < 4.78 is 11.1. The fourth-order valence-corrected chi connectivity index (χ4v) is 2.51. The van der Waals surface area contributed by atoms with Gasteiger partial charge >= 0.3 is 12.2 Å². The maximum Gasteiger partial charge on any atom is 0.405 e. The monoisotopic (exact) mass is 392 g/mol. The normalized spacial score (nSPS) is 13.6. The van der Waals surface area contributed by atoms with Crippen LogP contribution in [0.15, 0.2) is 24.3 Å². The molecule has 0 saturated heterocycles. The third-order valence-electron chi connectivity index (χ3n) is 2.66. The molecule has 0 bridgehead atoms. The minimum Gasteiger partial charge on any atom is -0.442 e. The molecule has 1 rings (SSSR count). The van der Waals surface area contributed by atoms with Gasteiger partial charge in [0.15, 0.2) is 6.10 Å². The first-order valence-electron chi connectivity index (χ1n) is 5.99. The number of carbonyl (C=O) groups excluding carboxylic acids is 2. The molecule has 0 fully saturated rings. The third kappa shape index (κ3) is 4.55. The molecule has 110 valence electrons. The molecule has 1 aromatic carbocycles. The Kier molecular flexibility index (Phi) is 6.05. The first kappa shape index (κ1) is 16.5. The Bertz CT molecular complexity index is 493. The van der Waals surface area contributed by atoms with E-state index in [1.807, 2.05) is 26.0 Å². The number of rotatable bonds is 5. The second-order valence-electron chi connectivity index (χ2n) is 4.52. The van der Waals surface area contributed by atoms with E-state index >= 15 is 0 Å². The first-order valence-corrected chi connectivity index (χ1v) is 7.07. The van der Waals surface area contributed by atoms with Gasteiger partial charge in [-0.2, -0.15) is 0 Å². The zero-order valence-electron chi connectivity index (χ0n) is 11.2. The van der Waals surface area contributed by atoms with Crippen molar-refractivity contribution in [1.29, 1.82) is 0 Å². The number of carbonyl (C=O) groups is 2. The molecule has 0 aliphatic heterocycles. The molecule has 1 aromatic rings. The van der Waals surface area contributed by atoms with E-state index in [1.165, 1.54) is 0 Å². The number of nitrogens with two attached hydrogens (primary N) is 2.